The predicted molar refractivity (Wildman–Crippen MR) is 124 cm³/mol. The molecule has 0 aliphatic heterocycles. The Morgan fingerprint density at radius 3 is 2.70 bits per heavy atom. The van der Waals surface area contributed by atoms with Crippen LogP contribution in [0.4, 0.5) is 0 Å². The van der Waals surface area contributed by atoms with E-state index in [-0.39, 0.29) is 11.7 Å². The molecule has 0 saturated heterocycles. The van der Waals surface area contributed by atoms with Crippen LogP contribution >= 0.6 is 27.5 Å². The van der Waals surface area contributed by atoms with Gasteiger partial charge in [-0.15, -0.1) is 0 Å². The SMILES string of the molecule is CCOc1cc(C=Nn2c(CC)nc3ccc(Br)cc3c2=O)cc(Cl)c1OC(C)C. The van der Waals surface area contributed by atoms with E-state index in [4.69, 9.17) is 21.1 Å². The van der Waals surface area contributed by atoms with E-state index in [0.717, 1.165) is 4.47 Å². The number of rotatable bonds is 7. The molecule has 0 radical (unpaired) electrons. The van der Waals surface area contributed by atoms with Gasteiger partial charge in [0.15, 0.2) is 11.5 Å². The van der Waals surface area contributed by atoms with Gasteiger partial charge in [0.25, 0.3) is 5.56 Å². The number of hydrogen-bond acceptors (Lipinski definition) is 5. The molecular formula is C22H23BrClN3O3. The van der Waals surface area contributed by atoms with E-state index >= 15 is 0 Å². The van der Waals surface area contributed by atoms with Gasteiger partial charge in [-0.05, 0) is 56.7 Å². The van der Waals surface area contributed by atoms with Crippen molar-refractivity contribution in [2.24, 2.45) is 5.10 Å². The molecule has 3 rings (SSSR count). The standard InChI is InChI=1S/C22H23BrClN3O3/c1-5-20-26-18-8-7-15(23)11-16(18)22(28)27(20)25-12-14-9-17(24)21(30-13(3)4)19(10-14)29-6-2/h7-13H,5-6H2,1-4H3. The zero-order valence-corrected chi connectivity index (χ0v) is 19.6. The van der Waals surface area contributed by atoms with E-state index < -0.39 is 0 Å². The first-order valence-electron chi connectivity index (χ1n) is 9.72. The number of aromatic nitrogens is 2. The fourth-order valence-electron chi connectivity index (χ4n) is 2.94. The molecule has 0 aliphatic rings. The van der Waals surface area contributed by atoms with Gasteiger partial charge in [-0.3, -0.25) is 4.79 Å². The molecule has 3 aromatic rings. The summed E-state index contributed by atoms with van der Waals surface area (Å²) in [6.07, 6.45) is 2.08. The molecule has 0 N–H and O–H groups in total. The first-order valence-corrected chi connectivity index (χ1v) is 10.9. The second-order valence-corrected chi connectivity index (χ2v) is 8.16. The second kappa shape index (κ2) is 9.62. The average Bonchev–Trinajstić information content (AvgIpc) is 2.70. The third-order valence-corrected chi connectivity index (χ3v) is 4.97. The van der Waals surface area contributed by atoms with Crippen molar-refractivity contribution in [2.75, 3.05) is 6.61 Å². The van der Waals surface area contributed by atoms with Gasteiger partial charge in [-0.25, -0.2) is 4.98 Å². The van der Waals surface area contributed by atoms with Crippen LogP contribution in [0, 0.1) is 0 Å². The van der Waals surface area contributed by atoms with E-state index in [1.165, 1.54) is 4.68 Å². The molecule has 0 unspecified atom stereocenters. The molecule has 0 spiro atoms. The Labute approximate surface area is 188 Å². The van der Waals surface area contributed by atoms with Crippen LogP contribution in [0.25, 0.3) is 10.9 Å². The van der Waals surface area contributed by atoms with Crippen molar-refractivity contribution in [2.45, 2.75) is 40.2 Å². The number of nitrogens with zero attached hydrogens (tertiary/aromatic N) is 3. The Morgan fingerprint density at radius 2 is 2.03 bits per heavy atom. The van der Waals surface area contributed by atoms with Crippen LogP contribution in [0.3, 0.4) is 0 Å². The Kier molecular flexibility index (Phi) is 7.15. The Bertz CT molecular complexity index is 1160. The summed E-state index contributed by atoms with van der Waals surface area (Å²) in [5.41, 5.74) is 1.09. The van der Waals surface area contributed by atoms with Crippen LogP contribution in [-0.4, -0.2) is 28.6 Å². The molecule has 0 saturated carbocycles. The number of aryl methyl sites for hydroxylation is 1. The van der Waals surface area contributed by atoms with Crippen LogP contribution in [0.1, 0.15) is 39.1 Å². The van der Waals surface area contributed by atoms with Gasteiger partial charge in [0.2, 0.25) is 0 Å². The molecule has 1 aromatic heterocycles. The second-order valence-electron chi connectivity index (χ2n) is 6.83. The van der Waals surface area contributed by atoms with Crippen molar-refractivity contribution in [3.63, 3.8) is 0 Å². The highest BCUT2D eigenvalue weighted by molar-refractivity contribution is 9.10. The predicted octanol–water partition coefficient (Wildman–Crippen LogP) is 5.44. The topological polar surface area (TPSA) is 65.7 Å². The molecule has 0 amide bonds. The lowest BCUT2D eigenvalue weighted by Crippen LogP contribution is -2.22. The van der Waals surface area contributed by atoms with E-state index in [1.807, 2.05) is 39.8 Å². The lowest BCUT2D eigenvalue weighted by molar-refractivity contribution is 0.224. The number of ether oxygens (including phenoxy) is 2. The minimum absolute atomic E-state index is 0.0464. The molecule has 6 nitrogen and oxygen atoms in total. The summed E-state index contributed by atoms with van der Waals surface area (Å²) in [6, 6.07) is 8.94. The monoisotopic (exact) mass is 491 g/mol. The lowest BCUT2D eigenvalue weighted by Gasteiger charge is -2.16. The number of halogens is 2. The van der Waals surface area contributed by atoms with E-state index in [2.05, 4.69) is 26.0 Å². The fourth-order valence-corrected chi connectivity index (χ4v) is 3.57. The molecule has 0 bridgehead atoms. The smallest absolute Gasteiger partial charge is 0.282 e. The van der Waals surface area contributed by atoms with Gasteiger partial charge in [0.1, 0.15) is 5.82 Å². The minimum Gasteiger partial charge on any atom is -0.490 e. The Morgan fingerprint density at radius 1 is 1.27 bits per heavy atom. The molecule has 1 heterocycles. The van der Waals surface area contributed by atoms with Crippen LogP contribution in [-0.2, 0) is 6.42 Å². The van der Waals surface area contributed by atoms with E-state index in [9.17, 15) is 4.79 Å². The highest BCUT2D eigenvalue weighted by Gasteiger charge is 2.14. The van der Waals surface area contributed by atoms with E-state index in [0.29, 0.717) is 51.8 Å². The van der Waals surface area contributed by atoms with E-state index in [1.54, 1.807) is 24.4 Å². The van der Waals surface area contributed by atoms with Gasteiger partial charge in [0, 0.05) is 10.9 Å². The Hall–Kier alpha value is -2.38. The van der Waals surface area contributed by atoms with Crippen LogP contribution < -0.4 is 15.0 Å². The fraction of sp³-hybridized carbons (Fsp3) is 0.318. The van der Waals surface area contributed by atoms with Gasteiger partial charge in [-0.1, -0.05) is 34.5 Å². The number of fused-ring (bicyclic) bond motifs is 1. The largest absolute Gasteiger partial charge is 0.490 e. The highest BCUT2D eigenvalue weighted by atomic mass is 79.9. The minimum atomic E-state index is -0.231. The maximum atomic E-state index is 13.0. The zero-order valence-electron chi connectivity index (χ0n) is 17.3. The van der Waals surface area contributed by atoms with Crippen LogP contribution in [0.15, 0.2) is 44.7 Å². The van der Waals surface area contributed by atoms with Crippen molar-refractivity contribution in [3.8, 4) is 11.5 Å². The number of hydrogen-bond donors (Lipinski definition) is 0. The molecule has 0 fully saturated rings. The molecule has 0 atom stereocenters. The van der Waals surface area contributed by atoms with Crippen LogP contribution in [0.5, 0.6) is 11.5 Å². The third-order valence-electron chi connectivity index (χ3n) is 4.20. The average molecular weight is 493 g/mol. The first-order chi connectivity index (χ1) is 14.3. The molecular weight excluding hydrogens is 470 g/mol. The summed E-state index contributed by atoms with van der Waals surface area (Å²) in [7, 11) is 0. The summed E-state index contributed by atoms with van der Waals surface area (Å²) in [6.45, 7) is 8.13. The van der Waals surface area contributed by atoms with Crippen molar-refractivity contribution < 1.29 is 9.47 Å². The van der Waals surface area contributed by atoms with Crippen molar-refractivity contribution >= 4 is 44.6 Å². The van der Waals surface area contributed by atoms with Gasteiger partial charge in [-0.2, -0.15) is 9.78 Å². The third kappa shape index (κ3) is 4.84. The maximum absolute atomic E-state index is 13.0. The van der Waals surface area contributed by atoms with Crippen molar-refractivity contribution in [3.05, 3.63) is 61.6 Å². The summed E-state index contributed by atoms with van der Waals surface area (Å²) < 4.78 is 13.6. The Balaban J connectivity index is 2.08. The summed E-state index contributed by atoms with van der Waals surface area (Å²) in [5, 5.41) is 5.32. The van der Waals surface area contributed by atoms with Crippen molar-refractivity contribution in [1.29, 1.82) is 0 Å². The van der Waals surface area contributed by atoms with Crippen molar-refractivity contribution in [1.82, 2.24) is 9.66 Å². The highest BCUT2D eigenvalue weighted by Crippen LogP contribution is 2.37. The van der Waals surface area contributed by atoms with Gasteiger partial charge >= 0.3 is 0 Å². The molecule has 0 aliphatic carbocycles. The first kappa shape index (κ1) is 22.3. The lowest BCUT2D eigenvalue weighted by atomic mass is 10.2. The summed E-state index contributed by atoms with van der Waals surface area (Å²) in [5.74, 6) is 1.60. The normalized spacial score (nSPS) is 11.6. The molecule has 30 heavy (non-hydrogen) atoms. The molecule has 2 aromatic carbocycles. The maximum Gasteiger partial charge on any atom is 0.282 e. The number of benzene rings is 2. The van der Waals surface area contributed by atoms with Gasteiger partial charge in [0.05, 0.1) is 34.9 Å². The summed E-state index contributed by atoms with van der Waals surface area (Å²) >= 11 is 9.83. The zero-order chi connectivity index (χ0) is 21.8. The van der Waals surface area contributed by atoms with Crippen LogP contribution in [0.2, 0.25) is 5.02 Å². The summed E-state index contributed by atoms with van der Waals surface area (Å²) in [4.78, 5) is 17.6. The molecule has 8 heteroatoms. The molecule has 158 valence electrons. The van der Waals surface area contributed by atoms with Gasteiger partial charge < -0.3 is 9.47 Å². The quantitative estimate of drug-likeness (QED) is 0.412.